The van der Waals surface area contributed by atoms with Crippen LogP contribution in [0.2, 0.25) is 0 Å². The predicted octanol–water partition coefficient (Wildman–Crippen LogP) is 1.77. The Morgan fingerprint density at radius 1 is 1.50 bits per heavy atom. The van der Waals surface area contributed by atoms with Crippen LogP contribution in [0, 0.1) is 19.3 Å². The van der Waals surface area contributed by atoms with Crippen LogP contribution in [0.25, 0.3) is 12.7 Å². The highest BCUT2D eigenvalue weighted by molar-refractivity contribution is 5.56. The van der Waals surface area contributed by atoms with Gasteiger partial charge in [0.2, 0.25) is 0 Å². The third-order valence-electron chi connectivity index (χ3n) is 2.09. The van der Waals surface area contributed by atoms with Crippen LogP contribution in [0.3, 0.4) is 0 Å². The first kappa shape index (κ1) is 10.3. The summed E-state index contributed by atoms with van der Waals surface area (Å²) < 4.78 is 0. The molecular formula is C14H14. The molecule has 0 aromatic heterocycles. The average molecular weight is 182 g/mol. The van der Waals surface area contributed by atoms with Crippen LogP contribution in [0.1, 0.15) is 12.5 Å². The number of rotatable bonds is 1. The van der Waals surface area contributed by atoms with Gasteiger partial charge in [0, 0.05) is 5.57 Å². The van der Waals surface area contributed by atoms with Crippen molar-refractivity contribution >= 4 is 12.7 Å². The van der Waals surface area contributed by atoms with E-state index in [0.29, 0.717) is 0 Å². The fourth-order valence-corrected chi connectivity index (χ4v) is 1.22. The van der Waals surface area contributed by atoms with Crippen molar-refractivity contribution in [3.05, 3.63) is 45.8 Å². The van der Waals surface area contributed by atoms with Crippen molar-refractivity contribution < 1.29 is 0 Å². The molecule has 0 amide bonds. The van der Waals surface area contributed by atoms with E-state index >= 15 is 0 Å². The summed E-state index contributed by atoms with van der Waals surface area (Å²) in [6.45, 7) is 7.95. The van der Waals surface area contributed by atoms with Gasteiger partial charge in [-0.3, -0.25) is 0 Å². The van der Waals surface area contributed by atoms with Crippen LogP contribution < -0.4 is 10.4 Å². The third kappa shape index (κ3) is 2.37. The van der Waals surface area contributed by atoms with Crippen molar-refractivity contribution in [2.24, 2.45) is 0 Å². The minimum absolute atomic E-state index is 0.889. The van der Waals surface area contributed by atoms with E-state index in [1.165, 1.54) is 5.56 Å². The van der Waals surface area contributed by atoms with Gasteiger partial charge < -0.3 is 0 Å². The van der Waals surface area contributed by atoms with Gasteiger partial charge in [-0.1, -0.05) is 42.3 Å². The highest BCUT2D eigenvalue weighted by atomic mass is 13.9. The van der Waals surface area contributed by atoms with Gasteiger partial charge in [-0.05, 0) is 30.4 Å². The molecule has 0 N–H and O–H groups in total. The van der Waals surface area contributed by atoms with E-state index in [2.05, 4.69) is 25.5 Å². The molecule has 0 fully saturated rings. The third-order valence-corrected chi connectivity index (χ3v) is 2.09. The molecule has 0 radical (unpaired) electrons. The summed E-state index contributed by atoms with van der Waals surface area (Å²) in [4.78, 5) is 0. The summed E-state index contributed by atoms with van der Waals surface area (Å²) in [7, 11) is 0. The van der Waals surface area contributed by atoms with Gasteiger partial charge in [0.15, 0.2) is 0 Å². The molecule has 0 saturated heterocycles. The second-order valence-electron chi connectivity index (χ2n) is 3.23. The number of hydrogen-bond donors (Lipinski definition) is 0. The Hall–Kier alpha value is -1.74. The standard InChI is InChI=1S/C14H14/c1-5-13(6-2)10-14-9-11(3)7-8-12(14)4/h1,6-10H,4H2,2-3H3/b13-6-,14-10-. The highest BCUT2D eigenvalue weighted by Crippen LogP contribution is 1.93. The van der Waals surface area contributed by atoms with E-state index < -0.39 is 0 Å². The Morgan fingerprint density at radius 2 is 2.21 bits per heavy atom. The summed E-state index contributed by atoms with van der Waals surface area (Å²) >= 11 is 0. The molecule has 1 aromatic carbocycles. The molecule has 0 aliphatic heterocycles. The lowest BCUT2D eigenvalue weighted by molar-refractivity contribution is 1.40. The Kier molecular flexibility index (Phi) is 3.31. The normalized spacial score (nSPS) is 12.6. The first-order valence-corrected chi connectivity index (χ1v) is 4.57. The summed E-state index contributed by atoms with van der Waals surface area (Å²) in [5, 5.41) is 2.10. The molecule has 1 aromatic rings. The van der Waals surface area contributed by atoms with Crippen LogP contribution in [-0.2, 0) is 0 Å². The molecule has 0 bridgehead atoms. The summed E-state index contributed by atoms with van der Waals surface area (Å²) in [5.74, 6) is 2.62. The number of hydrogen-bond acceptors (Lipinski definition) is 0. The lowest BCUT2D eigenvalue weighted by Crippen LogP contribution is -2.22. The summed E-state index contributed by atoms with van der Waals surface area (Å²) in [6.07, 6.45) is 9.25. The number of allylic oxidation sites excluding steroid dienone is 2. The Morgan fingerprint density at radius 3 is 2.79 bits per heavy atom. The minimum atomic E-state index is 0.889. The van der Waals surface area contributed by atoms with Gasteiger partial charge in [0.1, 0.15) is 0 Å². The molecule has 0 heterocycles. The Balaban J connectivity index is 3.40. The van der Waals surface area contributed by atoms with Gasteiger partial charge in [0.05, 0.1) is 0 Å². The van der Waals surface area contributed by atoms with Gasteiger partial charge in [0.25, 0.3) is 0 Å². The molecule has 14 heavy (non-hydrogen) atoms. The first-order chi connectivity index (χ1) is 6.67. The zero-order valence-corrected chi connectivity index (χ0v) is 8.67. The Bertz CT molecular complexity index is 496. The van der Waals surface area contributed by atoms with Crippen LogP contribution >= 0.6 is 0 Å². The van der Waals surface area contributed by atoms with Crippen LogP contribution in [0.5, 0.6) is 0 Å². The molecule has 0 atom stereocenters. The van der Waals surface area contributed by atoms with Crippen molar-refractivity contribution in [2.75, 3.05) is 0 Å². The second kappa shape index (κ2) is 4.48. The first-order valence-electron chi connectivity index (χ1n) is 4.57. The molecule has 0 spiro atoms. The van der Waals surface area contributed by atoms with Crippen LogP contribution in [0.15, 0.2) is 29.8 Å². The Labute approximate surface area is 85.3 Å². The quantitative estimate of drug-likeness (QED) is 0.581. The molecule has 0 aliphatic carbocycles. The minimum Gasteiger partial charge on any atom is -0.115 e. The highest BCUT2D eigenvalue weighted by Gasteiger charge is 1.87. The van der Waals surface area contributed by atoms with Gasteiger partial charge in [-0.15, -0.1) is 6.42 Å². The molecule has 0 heteroatoms. The van der Waals surface area contributed by atoms with Gasteiger partial charge in [-0.25, -0.2) is 0 Å². The SMILES string of the molecule is C#CC(/C=c1/cc(C)ccc1=C)=C/C. The maximum absolute atomic E-state index is 5.35. The van der Waals surface area contributed by atoms with E-state index in [0.717, 1.165) is 16.0 Å². The van der Waals surface area contributed by atoms with E-state index in [4.69, 9.17) is 6.42 Å². The zero-order chi connectivity index (χ0) is 10.6. The average Bonchev–Trinajstić information content (AvgIpc) is 2.19. The monoisotopic (exact) mass is 182 g/mol. The van der Waals surface area contributed by atoms with Crippen LogP contribution in [-0.4, -0.2) is 0 Å². The van der Waals surface area contributed by atoms with Gasteiger partial charge >= 0.3 is 0 Å². The summed E-state index contributed by atoms with van der Waals surface area (Å²) in [6, 6.07) is 6.14. The fraction of sp³-hybridized carbons (Fsp3) is 0.143. The lowest BCUT2D eigenvalue weighted by Gasteiger charge is -1.93. The molecule has 0 unspecified atom stereocenters. The molecule has 0 aliphatic rings. The smallest absolute Gasteiger partial charge is 0.0206 e. The molecule has 0 nitrogen and oxygen atoms in total. The molecular weight excluding hydrogens is 168 g/mol. The van der Waals surface area contributed by atoms with Crippen molar-refractivity contribution in [3.8, 4) is 12.3 Å². The largest absolute Gasteiger partial charge is 0.115 e. The molecule has 0 saturated carbocycles. The fourth-order valence-electron chi connectivity index (χ4n) is 1.22. The number of aryl methyl sites for hydroxylation is 1. The zero-order valence-electron chi connectivity index (χ0n) is 8.67. The van der Waals surface area contributed by atoms with Crippen LogP contribution in [0.4, 0.5) is 0 Å². The van der Waals surface area contributed by atoms with E-state index in [1.54, 1.807) is 0 Å². The molecule has 1 rings (SSSR count). The molecule has 70 valence electrons. The van der Waals surface area contributed by atoms with Crippen molar-refractivity contribution in [2.45, 2.75) is 13.8 Å². The lowest BCUT2D eigenvalue weighted by atomic mass is 10.1. The van der Waals surface area contributed by atoms with E-state index in [-0.39, 0.29) is 0 Å². The number of terminal acetylenes is 1. The summed E-state index contributed by atoms with van der Waals surface area (Å²) in [5.41, 5.74) is 2.11. The van der Waals surface area contributed by atoms with Crippen molar-refractivity contribution in [1.82, 2.24) is 0 Å². The van der Waals surface area contributed by atoms with Gasteiger partial charge in [-0.2, -0.15) is 0 Å². The number of benzene rings is 1. The van der Waals surface area contributed by atoms with E-state index in [9.17, 15) is 0 Å². The van der Waals surface area contributed by atoms with Crippen molar-refractivity contribution in [3.63, 3.8) is 0 Å². The van der Waals surface area contributed by atoms with Crippen molar-refractivity contribution in [1.29, 1.82) is 0 Å². The predicted molar refractivity (Wildman–Crippen MR) is 63.0 cm³/mol. The second-order valence-corrected chi connectivity index (χ2v) is 3.23. The topological polar surface area (TPSA) is 0 Å². The maximum atomic E-state index is 5.35. The van der Waals surface area contributed by atoms with E-state index in [1.807, 2.05) is 31.2 Å². The maximum Gasteiger partial charge on any atom is 0.0206 e.